The van der Waals surface area contributed by atoms with E-state index in [1.54, 1.807) is 0 Å². The van der Waals surface area contributed by atoms with E-state index < -0.39 is 0 Å². The maximum atomic E-state index is 12.0. The van der Waals surface area contributed by atoms with E-state index >= 15 is 0 Å². The quantitative estimate of drug-likeness (QED) is 0.345. The predicted molar refractivity (Wildman–Crippen MR) is 107 cm³/mol. The maximum Gasteiger partial charge on any atom is 0.173 e. The van der Waals surface area contributed by atoms with E-state index in [1.807, 2.05) is 80.6 Å². The minimum atomic E-state index is 0.0777. The van der Waals surface area contributed by atoms with Gasteiger partial charge < -0.3 is 9.47 Å². The summed E-state index contributed by atoms with van der Waals surface area (Å²) in [6, 6.07) is 20.9. The molecule has 0 aliphatic heterocycles. The third kappa shape index (κ3) is 4.33. The van der Waals surface area contributed by atoms with Gasteiger partial charge in [0.25, 0.3) is 0 Å². The van der Waals surface area contributed by atoms with Crippen LogP contribution in [0.4, 0.5) is 0 Å². The van der Waals surface area contributed by atoms with Gasteiger partial charge in [0.05, 0.1) is 5.33 Å². The number of hydrogen-bond donors (Lipinski definition) is 0. The number of carbonyl (C=O) groups excluding carboxylic acids is 1. The highest BCUT2D eigenvalue weighted by atomic mass is 79.9. The smallest absolute Gasteiger partial charge is 0.173 e. The standard InChI is InChI=1S/C22H19BrO3/c1-15-12-20(13-16(2)22(15)21(24)14-23)26-19-10-8-18(9-11-19)25-17-6-4-3-5-7-17/h3-13H,14H2,1-2H3. The number of Topliss-reactive ketones (excluding diaryl/α,β-unsaturated/α-hetero) is 1. The summed E-state index contributed by atoms with van der Waals surface area (Å²) in [7, 11) is 0. The summed E-state index contributed by atoms with van der Waals surface area (Å²) in [4.78, 5) is 12.0. The Morgan fingerprint density at radius 2 is 1.23 bits per heavy atom. The topological polar surface area (TPSA) is 35.5 Å². The van der Waals surface area contributed by atoms with Gasteiger partial charge in [-0.25, -0.2) is 0 Å². The van der Waals surface area contributed by atoms with E-state index in [9.17, 15) is 4.79 Å². The normalized spacial score (nSPS) is 10.4. The van der Waals surface area contributed by atoms with Gasteiger partial charge in [-0.05, 0) is 73.5 Å². The highest BCUT2D eigenvalue weighted by Crippen LogP contribution is 2.29. The first-order valence-electron chi connectivity index (χ1n) is 8.28. The number of ether oxygens (including phenoxy) is 2. The molecule has 0 spiro atoms. The molecule has 132 valence electrons. The minimum Gasteiger partial charge on any atom is -0.457 e. The van der Waals surface area contributed by atoms with E-state index in [0.717, 1.165) is 28.2 Å². The number of hydrogen-bond acceptors (Lipinski definition) is 3. The molecule has 4 heteroatoms. The third-order valence-corrected chi connectivity index (χ3v) is 4.45. The van der Waals surface area contributed by atoms with Crippen molar-refractivity contribution in [3.05, 3.63) is 83.4 Å². The van der Waals surface area contributed by atoms with Gasteiger partial charge >= 0.3 is 0 Å². The van der Waals surface area contributed by atoms with E-state index in [-0.39, 0.29) is 5.78 Å². The van der Waals surface area contributed by atoms with Crippen molar-refractivity contribution >= 4 is 21.7 Å². The lowest BCUT2D eigenvalue weighted by molar-refractivity contribution is 0.102. The Hall–Kier alpha value is -2.59. The number of aryl methyl sites for hydroxylation is 2. The van der Waals surface area contributed by atoms with Gasteiger partial charge in [-0.15, -0.1) is 0 Å². The van der Waals surface area contributed by atoms with Crippen molar-refractivity contribution in [1.82, 2.24) is 0 Å². The van der Waals surface area contributed by atoms with Gasteiger partial charge in [0.2, 0.25) is 0 Å². The molecule has 0 aliphatic carbocycles. The van der Waals surface area contributed by atoms with E-state index in [2.05, 4.69) is 15.9 Å². The van der Waals surface area contributed by atoms with Gasteiger partial charge in [0, 0.05) is 5.56 Å². The number of carbonyl (C=O) groups is 1. The molecule has 26 heavy (non-hydrogen) atoms. The van der Waals surface area contributed by atoms with Crippen molar-refractivity contribution in [3.63, 3.8) is 0 Å². The van der Waals surface area contributed by atoms with E-state index in [4.69, 9.17) is 9.47 Å². The number of benzene rings is 3. The Morgan fingerprint density at radius 3 is 1.73 bits per heavy atom. The molecule has 3 nitrogen and oxygen atoms in total. The zero-order chi connectivity index (χ0) is 18.5. The molecule has 3 aromatic rings. The van der Waals surface area contributed by atoms with E-state index in [0.29, 0.717) is 16.8 Å². The van der Waals surface area contributed by atoms with Gasteiger partial charge in [-0.2, -0.15) is 0 Å². The van der Waals surface area contributed by atoms with Crippen molar-refractivity contribution < 1.29 is 14.3 Å². The van der Waals surface area contributed by atoms with E-state index in [1.165, 1.54) is 0 Å². The molecule has 0 aromatic heterocycles. The first-order valence-corrected chi connectivity index (χ1v) is 9.40. The fourth-order valence-corrected chi connectivity index (χ4v) is 3.11. The second kappa shape index (κ2) is 8.19. The third-order valence-electron chi connectivity index (χ3n) is 3.94. The number of alkyl halides is 1. The van der Waals surface area contributed by atoms with Crippen LogP contribution in [0.15, 0.2) is 66.7 Å². The van der Waals surface area contributed by atoms with Crippen LogP contribution in [0, 0.1) is 13.8 Å². The van der Waals surface area contributed by atoms with Crippen LogP contribution in [0.25, 0.3) is 0 Å². The second-order valence-corrected chi connectivity index (χ2v) is 6.54. The molecule has 0 saturated heterocycles. The summed E-state index contributed by atoms with van der Waals surface area (Å²) in [6.07, 6.45) is 0. The number of para-hydroxylation sites is 1. The average Bonchev–Trinajstić information content (AvgIpc) is 2.63. The first kappa shape index (κ1) is 18.2. The highest BCUT2D eigenvalue weighted by Gasteiger charge is 2.13. The van der Waals surface area contributed by atoms with Crippen molar-refractivity contribution in [3.8, 4) is 23.0 Å². The molecule has 0 heterocycles. The van der Waals surface area contributed by atoms with Crippen LogP contribution in [0.3, 0.4) is 0 Å². The predicted octanol–water partition coefficient (Wildman–Crippen LogP) is 6.47. The Labute approximate surface area is 161 Å². The van der Waals surface area contributed by atoms with Crippen LogP contribution >= 0.6 is 15.9 Å². The Morgan fingerprint density at radius 1 is 0.769 bits per heavy atom. The molecule has 0 saturated carbocycles. The molecule has 0 N–H and O–H groups in total. The zero-order valence-corrected chi connectivity index (χ0v) is 16.2. The van der Waals surface area contributed by atoms with Crippen molar-refractivity contribution in [2.45, 2.75) is 13.8 Å². The molecule has 0 fully saturated rings. The van der Waals surface area contributed by atoms with Crippen LogP contribution in [-0.4, -0.2) is 11.1 Å². The highest BCUT2D eigenvalue weighted by molar-refractivity contribution is 9.09. The molecule has 3 aromatic carbocycles. The van der Waals surface area contributed by atoms with Crippen LogP contribution < -0.4 is 9.47 Å². The lowest BCUT2D eigenvalue weighted by Crippen LogP contribution is -2.05. The maximum absolute atomic E-state index is 12.0. The van der Waals surface area contributed by atoms with Crippen LogP contribution in [0.2, 0.25) is 0 Å². The molecule has 0 unspecified atom stereocenters. The second-order valence-electron chi connectivity index (χ2n) is 5.98. The van der Waals surface area contributed by atoms with Crippen LogP contribution in [0.1, 0.15) is 21.5 Å². The molecule has 0 bridgehead atoms. The summed E-state index contributed by atoms with van der Waals surface area (Å²) < 4.78 is 11.7. The largest absolute Gasteiger partial charge is 0.457 e. The van der Waals surface area contributed by atoms with Crippen molar-refractivity contribution in [1.29, 1.82) is 0 Å². The summed E-state index contributed by atoms with van der Waals surface area (Å²) in [6.45, 7) is 3.85. The number of ketones is 1. The molecule has 0 radical (unpaired) electrons. The lowest BCUT2D eigenvalue weighted by Gasteiger charge is -2.12. The molecule has 0 atom stereocenters. The molecule has 3 rings (SSSR count). The van der Waals surface area contributed by atoms with Gasteiger partial charge in [-0.1, -0.05) is 34.1 Å². The Bertz CT molecular complexity index is 879. The summed E-state index contributed by atoms with van der Waals surface area (Å²) in [5, 5.41) is 0.317. The molecule has 0 amide bonds. The Kier molecular flexibility index (Phi) is 5.74. The molecular formula is C22H19BrO3. The summed E-state index contributed by atoms with van der Waals surface area (Å²) in [5.41, 5.74) is 2.57. The van der Waals surface area contributed by atoms with Gasteiger partial charge in [0.15, 0.2) is 5.78 Å². The SMILES string of the molecule is Cc1cc(Oc2ccc(Oc3ccccc3)cc2)cc(C)c1C(=O)CBr. The van der Waals surface area contributed by atoms with Gasteiger partial charge in [0.1, 0.15) is 23.0 Å². The molecule has 0 aliphatic rings. The minimum absolute atomic E-state index is 0.0777. The lowest BCUT2D eigenvalue weighted by atomic mass is 9.99. The average molecular weight is 411 g/mol. The Balaban J connectivity index is 1.74. The molecular weight excluding hydrogens is 392 g/mol. The zero-order valence-electron chi connectivity index (χ0n) is 14.7. The fourth-order valence-electron chi connectivity index (χ4n) is 2.83. The van der Waals surface area contributed by atoms with Crippen molar-refractivity contribution in [2.75, 3.05) is 5.33 Å². The fraction of sp³-hybridized carbons (Fsp3) is 0.136. The van der Waals surface area contributed by atoms with Crippen LogP contribution in [-0.2, 0) is 0 Å². The summed E-state index contributed by atoms with van der Waals surface area (Å²) in [5.74, 6) is 3.04. The van der Waals surface area contributed by atoms with Crippen molar-refractivity contribution in [2.24, 2.45) is 0 Å². The first-order chi connectivity index (χ1) is 12.6. The number of rotatable bonds is 6. The number of halogens is 1. The summed E-state index contributed by atoms with van der Waals surface area (Å²) >= 11 is 3.23. The van der Waals surface area contributed by atoms with Gasteiger partial charge in [-0.3, -0.25) is 4.79 Å². The monoisotopic (exact) mass is 410 g/mol. The van der Waals surface area contributed by atoms with Crippen LogP contribution in [0.5, 0.6) is 23.0 Å².